The molecule has 2 heterocycles. The molecule has 0 bridgehead atoms. The summed E-state index contributed by atoms with van der Waals surface area (Å²) in [6.07, 6.45) is 3.06. The van der Waals surface area contributed by atoms with Crippen LogP contribution >= 0.6 is 0 Å². The van der Waals surface area contributed by atoms with Crippen LogP contribution in [-0.2, 0) is 27.7 Å². The fraction of sp³-hybridized carbons (Fsp3) is 0.458. The third kappa shape index (κ3) is 4.77. The number of ether oxygens (including phenoxy) is 2. The van der Waals surface area contributed by atoms with Crippen molar-refractivity contribution in [3.05, 3.63) is 58.7 Å². The van der Waals surface area contributed by atoms with Gasteiger partial charge in [0.05, 0.1) is 16.6 Å². The summed E-state index contributed by atoms with van der Waals surface area (Å²) in [5, 5.41) is 0. The van der Waals surface area contributed by atoms with Crippen LogP contribution in [0, 0.1) is 0 Å². The molecule has 2 aromatic rings. The highest BCUT2D eigenvalue weighted by molar-refractivity contribution is 7.90. The van der Waals surface area contributed by atoms with E-state index in [-0.39, 0.29) is 22.5 Å². The molecule has 31 heavy (non-hydrogen) atoms. The highest BCUT2D eigenvalue weighted by atomic mass is 32.2. The van der Waals surface area contributed by atoms with Crippen LogP contribution in [0.25, 0.3) is 0 Å². The largest absolute Gasteiger partial charge is 0.490 e. The van der Waals surface area contributed by atoms with Gasteiger partial charge >= 0.3 is 0 Å². The molecule has 0 atom stereocenters. The van der Waals surface area contributed by atoms with Crippen molar-refractivity contribution in [1.82, 2.24) is 4.90 Å². The van der Waals surface area contributed by atoms with Gasteiger partial charge in [-0.2, -0.15) is 0 Å². The third-order valence-corrected chi connectivity index (χ3v) is 7.02. The van der Waals surface area contributed by atoms with Crippen molar-refractivity contribution < 1.29 is 22.7 Å². The van der Waals surface area contributed by atoms with Gasteiger partial charge < -0.3 is 14.4 Å². The summed E-state index contributed by atoms with van der Waals surface area (Å²) in [5.74, 6) is 0.692. The van der Waals surface area contributed by atoms with Gasteiger partial charge in [-0.05, 0) is 67.5 Å². The molecular formula is C24H29NO5S. The normalized spacial score (nSPS) is 17.1. The Morgan fingerprint density at radius 1 is 1.06 bits per heavy atom. The Morgan fingerprint density at radius 3 is 2.45 bits per heavy atom. The monoisotopic (exact) mass is 443 g/mol. The smallest absolute Gasteiger partial charge is 0.258 e. The Hall–Kier alpha value is -2.38. The molecule has 0 aromatic heterocycles. The molecule has 0 radical (unpaired) electrons. The maximum absolute atomic E-state index is 13.4. The Labute approximate surface area is 184 Å². The molecular weight excluding hydrogens is 414 g/mol. The number of benzene rings is 2. The van der Waals surface area contributed by atoms with E-state index < -0.39 is 9.84 Å². The second-order valence-corrected chi connectivity index (χ2v) is 10.7. The van der Waals surface area contributed by atoms with E-state index in [9.17, 15) is 13.2 Å². The number of rotatable bonds is 5. The number of sulfone groups is 1. The minimum absolute atomic E-state index is 0.116. The van der Waals surface area contributed by atoms with Crippen molar-refractivity contribution >= 4 is 15.7 Å². The third-order valence-electron chi connectivity index (χ3n) is 5.90. The Balaban J connectivity index is 1.60. The average Bonchev–Trinajstić information content (AvgIpc) is 3.16. The topological polar surface area (TPSA) is 72.9 Å². The number of hydrogen-bond acceptors (Lipinski definition) is 5. The molecule has 0 spiro atoms. The molecule has 0 aliphatic carbocycles. The Kier molecular flexibility index (Phi) is 6.08. The van der Waals surface area contributed by atoms with Gasteiger partial charge in [0.1, 0.15) is 5.75 Å². The Morgan fingerprint density at radius 2 is 1.77 bits per heavy atom. The zero-order chi connectivity index (χ0) is 22.2. The quantitative estimate of drug-likeness (QED) is 0.700. The number of nitrogens with zero attached hydrogens (tertiary/aromatic N) is 1. The summed E-state index contributed by atoms with van der Waals surface area (Å²) in [6.45, 7) is 6.36. The van der Waals surface area contributed by atoms with E-state index in [2.05, 4.69) is 18.2 Å². The maximum Gasteiger partial charge on any atom is 0.258 e. The van der Waals surface area contributed by atoms with Crippen molar-refractivity contribution in [2.75, 3.05) is 19.5 Å². The van der Waals surface area contributed by atoms with E-state index in [0.717, 1.165) is 43.4 Å². The van der Waals surface area contributed by atoms with E-state index in [0.29, 0.717) is 24.8 Å². The van der Waals surface area contributed by atoms with Crippen LogP contribution in [0.1, 0.15) is 59.7 Å². The lowest BCUT2D eigenvalue weighted by atomic mass is 9.90. The van der Waals surface area contributed by atoms with E-state index in [1.807, 2.05) is 13.8 Å². The molecule has 166 valence electrons. The van der Waals surface area contributed by atoms with E-state index >= 15 is 0 Å². The molecule has 2 aromatic carbocycles. The van der Waals surface area contributed by atoms with Gasteiger partial charge in [0.15, 0.2) is 9.84 Å². The first-order chi connectivity index (χ1) is 14.7. The lowest BCUT2D eigenvalue weighted by Crippen LogP contribution is -2.26. The van der Waals surface area contributed by atoms with E-state index in [1.54, 1.807) is 11.0 Å². The number of amides is 1. The molecule has 1 fully saturated rings. The van der Waals surface area contributed by atoms with Crippen LogP contribution in [0.5, 0.6) is 5.75 Å². The maximum atomic E-state index is 13.4. The van der Waals surface area contributed by atoms with E-state index in [1.165, 1.54) is 17.7 Å². The molecule has 2 aliphatic rings. The van der Waals surface area contributed by atoms with E-state index in [4.69, 9.17) is 9.47 Å². The standard InChI is InChI=1S/C24H29NO5S/c1-16(2)30-23-7-6-21(31(3,27)28)13-22(23)24(26)25-14-19-5-4-18(12-20(19)15-25)17-8-10-29-11-9-17/h4-7,12-13,16-17H,8-11,14-15H2,1-3H3. The average molecular weight is 444 g/mol. The minimum Gasteiger partial charge on any atom is -0.490 e. The van der Waals surface area contributed by atoms with Crippen LogP contribution in [0.2, 0.25) is 0 Å². The first-order valence-corrected chi connectivity index (χ1v) is 12.6. The summed E-state index contributed by atoms with van der Waals surface area (Å²) in [7, 11) is -3.44. The second-order valence-electron chi connectivity index (χ2n) is 8.67. The second kappa shape index (κ2) is 8.63. The molecule has 0 N–H and O–H groups in total. The number of carbonyl (C=O) groups excluding carboxylic acids is 1. The molecule has 6 nitrogen and oxygen atoms in total. The summed E-state index contributed by atoms with van der Waals surface area (Å²) in [4.78, 5) is 15.3. The molecule has 2 aliphatic heterocycles. The lowest BCUT2D eigenvalue weighted by molar-refractivity contribution is 0.0745. The van der Waals surface area contributed by atoms with Crippen LogP contribution in [0.15, 0.2) is 41.3 Å². The molecule has 1 amide bonds. The predicted octanol–water partition coefficient (Wildman–Crippen LogP) is 3.93. The SMILES string of the molecule is CC(C)Oc1ccc(S(C)(=O)=O)cc1C(=O)N1Cc2ccc(C3CCOCC3)cc2C1. The summed E-state index contributed by atoms with van der Waals surface area (Å²) in [5.41, 5.74) is 3.88. The molecule has 4 rings (SSSR count). The number of carbonyl (C=O) groups is 1. The fourth-order valence-electron chi connectivity index (χ4n) is 4.28. The summed E-state index contributed by atoms with van der Waals surface area (Å²) < 4.78 is 35.4. The first-order valence-electron chi connectivity index (χ1n) is 10.7. The van der Waals surface area contributed by atoms with Crippen molar-refractivity contribution in [1.29, 1.82) is 0 Å². The minimum atomic E-state index is -3.44. The van der Waals surface area contributed by atoms with Crippen LogP contribution in [0.4, 0.5) is 0 Å². The molecule has 7 heteroatoms. The zero-order valence-electron chi connectivity index (χ0n) is 18.3. The summed E-state index contributed by atoms with van der Waals surface area (Å²) in [6, 6.07) is 11.0. The van der Waals surface area contributed by atoms with Gasteiger partial charge in [-0.1, -0.05) is 18.2 Å². The molecule has 0 unspecified atom stereocenters. The van der Waals surface area contributed by atoms with Crippen molar-refractivity contribution in [3.8, 4) is 5.75 Å². The Bertz CT molecular complexity index is 1090. The summed E-state index contributed by atoms with van der Waals surface area (Å²) >= 11 is 0. The van der Waals surface area contributed by atoms with Gasteiger partial charge in [0.25, 0.3) is 5.91 Å². The van der Waals surface area contributed by atoms with Crippen molar-refractivity contribution in [3.63, 3.8) is 0 Å². The highest BCUT2D eigenvalue weighted by Gasteiger charge is 2.28. The van der Waals surface area contributed by atoms with Gasteiger partial charge in [0.2, 0.25) is 0 Å². The first kappa shape index (κ1) is 21.8. The van der Waals surface area contributed by atoms with Crippen molar-refractivity contribution in [2.24, 2.45) is 0 Å². The molecule has 0 saturated carbocycles. The lowest BCUT2D eigenvalue weighted by Gasteiger charge is -2.22. The van der Waals surface area contributed by atoms with Gasteiger partial charge in [-0.15, -0.1) is 0 Å². The van der Waals surface area contributed by atoms with Crippen LogP contribution in [0.3, 0.4) is 0 Å². The highest BCUT2D eigenvalue weighted by Crippen LogP contribution is 2.33. The predicted molar refractivity (Wildman–Crippen MR) is 118 cm³/mol. The fourth-order valence-corrected chi connectivity index (χ4v) is 4.92. The van der Waals surface area contributed by atoms with Gasteiger partial charge in [-0.3, -0.25) is 4.79 Å². The van der Waals surface area contributed by atoms with Gasteiger partial charge in [-0.25, -0.2) is 8.42 Å². The number of fused-ring (bicyclic) bond motifs is 1. The number of hydrogen-bond donors (Lipinski definition) is 0. The van der Waals surface area contributed by atoms with Crippen LogP contribution in [-0.4, -0.2) is 44.8 Å². The van der Waals surface area contributed by atoms with Crippen molar-refractivity contribution in [2.45, 2.75) is 56.7 Å². The molecule has 1 saturated heterocycles. The van der Waals surface area contributed by atoms with Gasteiger partial charge in [0, 0.05) is 32.6 Å². The van der Waals surface area contributed by atoms with Crippen LogP contribution < -0.4 is 4.74 Å². The zero-order valence-corrected chi connectivity index (χ0v) is 19.1.